The van der Waals surface area contributed by atoms with Gasteiger partial charge >= 0.3 is 0 Å². The van der Waals surface area contributed by atoms with E-state index in [0.717, 1.165) is 41.8 Å². The van der Waals surface area contributed by atoms with E-state index in [2.05, 4.69) is 57.8 Å². The fourth-order valence-corrected chi connectivity index (χ4v) is 3.61. The van der Waals surface area contributed by atoms with Crippen LogP contribution in [0.25, 0.3) is 11.3 Å². The summed E-state index contributed by atoms with van der Waals surface area (Å²) in [6.45, 7) is 4.14. The average Bonchev–Trinajstić information content (AvgIpc) is 3.22. The van der Waals surface area contributed by atoms with Crippen molar-refractivity contribution in [1.29, 1.82) is 0 Å². The zero-order valence-corrected chi connectivity index (χ0v) is 14.4. The fourth-order valence-electron chi connectivity index (χ4n) is 3.61. The van der Waals surface area contributed by atoms with Crippen LogP contribution in [-0.2, 0) is 11.2 Å². The van der Waals surface area contributed by atoms with Gasteiger partial charge in [-0.15, -0.1) is 0 Å². The van der Waals surface area contributed by atoms with Gasteiger partial charge in [-0.3, -0.25) is 15.0 Å². The van der Waals surface area contributed by atoms with Gasteiger partial charge in [-0.25, -0.2) is 0 Å². The molecule has 2 heterocycles. The van der Waals surface area contributed by atoms with E-state index in [0.29, 0.717) is 5.82 Å². The number of carbonyl (C=O) groups is 1. The van der Waals surface area contributed by atoms with E-state index in [1.54, 1.807) is 6.20 Å². The summed E-state index contributed by atoms with van der Waals surface area (Å²) >= 11 is 0. The molecule has 4 rings (SSSR count). The van der Waals surface area contributed by atoms with Crippen molar-refractivity contribution in [3.63, 3.8) is 0 Å². The molecule has 0 spiro atoms. The highest BCUT2D eigenvalue weighted by atomic mass is 16.2. The van der Waals surface area contributed by atoms with E-state index in [4.69, 9.17) is 0 Å². The summed E-state index contributed by atoms with van der Waals surface area (Å²) < 4.78 is 0. The third kappa shape index (κ3) is 3.07. The summed E-state index contributed by atoms with van der Waals surface area (Å²) in [5, 5.41) is 17.3. The van der Waals surface area contributed by atoms with Crippen LogP contribution in [0.3, 0.4) is 0 Å². The molecule has 0 fully saturated rings. The Morgan fingerprint density at radius 1 is 1.16 bits per heavy atom. The molecule has 25 heavy (non-hydrogen) atoms. The Bertz CT molecular complexity index is 903. The number of H-pyrrole nitrogens is 2. The number of hydrogen-bond donors (Lipinski definition) is 3. The third-order valence-electron chi connectivity index (χ3n) is 4.72. The summed E-state index contributed by atoms with van der Waals surface area (Å²) in [5.41, 5.74) is 6.45. The van der Waals surface area contributed by atoms with E-state index >= 15 is 0 Å². The maximum atomic E-state index is 12.7. The fraction of sp³-hybridized carbons (Fsp3) is 0.316. The first kappa shape index (κ1) is 15.6. The van der Waals surface area contributed by atoms with Gasteiger partial charge < -0.3 is 5.32 Å². The third-order valence-corrected chi connectivity index (χ3v) is 4.72. The highest BCUT2D eigenvalue weighted by molar-refractivity contribution is 5.95. The van der Waals surface area contributed by atoms with Gasteiger partial charge in [0.2, 0.25) is 5.91 Å². The number of fused-ring (bicyclic) bond motifs is 1. The second kappa shape index (κ2) is 6.20. The Morgan fingerprint density at radius 2 is 1.96 bits per heavy atom. The van der Waals surface area contributed by atoms with Crippen LogP contribution in [0.1, 0.15) is 41.1 Å². The number of amides is 1. The van der Waals surface area contributed by atoms with Crippen LogP contribution in [0, 0.1) is 13.8 Å². The van der Waals surface area contributed by atoms with Gasteiger partial charge in [-0.05, 0) is 45.2 Å². The van der Waals surface area contributed by atoms with Gasteiger partial charge in [0.15, 0.2) is 5.82 Å². The maximum Gasteiger partial charge on any atom is 0.233 e. The van der Waals surface area contributed by atoms with Crippen LogP contribution in [0.4, 0.5) is 5.82 Å². The van der Waals surface area contributed by atoms with Gasteiger partial charge in [0, 0.05) is 22.9 Å². The van der Waals surface area contributed by atoms with Crippen LogP contribution >= 0.6 is 0 Å². The molecular weight excluding hydrogens is 314 g/mol. The molecule has 6 heteroatoms. The zero-order chi connectivity index (χ0) is 17.4. The SMILES string of the molecule is Cc1cc(C)cc(-c2cc(NC(=O)C3CCCc4[nH]ncc43)n[nH]2)c1. The monoisotopic (exact) mass is 335 g/mol. The van der Waals surface area contributed by atoms with Crippen molar-refractivity contribution in [2.24, 2.45) is 0 Å². The highest BCUT2D eigenvalue weighted by Gasteiger charge is 2.28. The maximum absolute atomic E-state index is 12.7. The Balaban J connectivity index is 1.53. The number of anilines is 1. The Kier molecular flexibility index (Phi) is 3.87. The topological polar surface area (TPSA) is 86.5 Å². The van der Waals surface area contributed by atoms with Crippen molar-refractivity contribution < 1.29 is 4.79 Å². The van der Waals surface area contributed by atoms with Crippen molar-refractivity contribution >= 4 is 11.7 Å². The summed E-state index contributed by atoms with van der Waals surface area (Å²) in [6.07, 6.45) is 4.55. The zero-order valence-electron chi connectivity index (χ0n) is 14.4. The number of aryl methyl sites for hydroxylation is 3. The number of aromatic nitrogens is 4. The molecule has 1 aliphatic rings. The molecule has 2 aromatic heterocycles. The summed E-state index contributed by atoms with van der Waals surface area (Å²) in [5.74, 6) is 0.361. The van der Waals surface area contributed by atoms with Crippen molar-refractivity contribution in [2.75, 3.05) is 5.32 Å². The lowest BCUT2D eigenvalue weighted by atomic mass is 9.86. The molecule has 1 amide bonds. The number of carbonyl (C=O) groups excluding carboxylic acids is 1. The Morgan fingerprint density at radius 3 is 2.76 bits per heavy atom. The molecule has 3 aromatic rings. The summed E-state index contributed by atoms with van der Waals surface area (Å²) in [4.78, 5) is 12.7. The van der Waals surface area contributed by atoms with E-state index in [-0.39, 0.29) is 11.8 Å². The average molecular weight is 335 g/mol. The predicted molar refractivity (Wildman–Crippen MR) is 96.4 cm³/mol. The molecule has 3 N–H and O–H groups in total. The van der Waals surface area contributed by atoms with E-state index in [1.807, 2.05) is 6.07 Å². The number of aromatic amines is 2. The minimum atomic E-state index is -0.163. The Labute approximate surface area is 146 Å². The van der Waals surface area contributed by atoms with Crippen LogP contribution in [0.2, 0.25) is 0 Å². The first-order valence-corrected chi connectivity index (χ1v) is 8.57. The highest BCUT2D eigenvalue weighted by Crippen LogP contribution is 2.31. The van der Waals surface area contributed by atoms with Crippen molar-refractivity contribution in [2.45, 2.75) is 39.0 Å². The molecule has 1 aromatic carbocycles. The molecule has 1 unspecified atom stereocenters. The number of benzene rings is 1. The molecule has 6 nitrogen and oxygen atoms in total. The second-order valence-corrected chi connectivity index (χ2v) is 6.78. The predicted octanol–water partition coefficient (Wildman–Crippen LogP) is 3.48. The van der Waals surface area contributed by atoms with E-state index < -0.39 is 0 Å². The van der Waals surface area contributed by atoms with Crippen LogP contribution in [-0.4, -0.2) is 26.3 Å². The van der Waals surface area contributed by atoms with Gasteiger partial charge in [0.1, 0.15) is 0 Å². The van der Waals surface area contributed by atoms with Crippen LogP contribution in [0.15, 0.2) is 30.5 Å². The lowest BCUT2D eigenvalue weighted by Crippen LogP contribution is -2.24. The number of nitrogens with zero attached hydrogens (tertiary/aromatic N) is 2. The molecule has 1 aliphatic carbocycles. The smallest absolute Gasteiger partial charge is 0.233 e. The van der Waals surface area contributed by atoms with Crippen molar-refractivity contribution in [1.82, 2.24) is 20.4 Å². The number of nitrogens with one attached hydrogen (secondary N) is 3. The van der Waals surface area contributed by atoms with Crippen LogP contribution in [0.5, 0.6) is 0 Å². The summed E-state index contributed by atoms with van der Waals surface area (Å²) in [6, 6.07) is 8.22. The molecule has 1 atom stereocenters. The van der Waals surface area contributed by atoms with Gasteiger partial charge in [-0.1, -0.05) is 17.2 Å². The number of hydrogen-bond acceptors (Lipinski definition) is 3. The molecule has 128 valence electrons. The van der Waals surface area contributed by atoms with Gasteiger partial charge in [0.25, 0.3) is 0 Å². The molecule has 0 bridgehead atoms. The minimum Gasteiger partial charge on any atom is -0.309 e. The van der Waals surface area contributed by atoms with Crippen molar-refractivity contribution in [3.8, 4) is 11.3 Å². The van der Waals surface area contributed by atoms with E-state index in [1.165, 1.54) is 11.1 Å². The number of rotatable bonds is 3. The summed E-state index contributed by atoms with van der Waals surface area (Å²) in [7, 11) is 0. The standard InChI is InChI=1S/C19H21N5O/c1-11-6-12(2)8-13(7-11)17-9-18(24-23-17)21-19(25)14-4-3-5-16-15(14)10-20-22-16/h6-10,14H,3-5H2,1-2H3,(H,20,22)(H2,21,23,24,25). The molecule has 0 radical (unpaired) electrons. The lowest BCUT2D eigenvalue weighted by molar-refractivity contribution is -0.117. The van der Waals surface area contributed by atoms with Crippen molar-refractivity contribution in [3.05, 3.63) is 52.8 Å². The van der Waals surface area contributed by atoms with E-state index in [9.17, 15) is 4.79 Å². The molecule has 0 saturated heterocycles. The van der Waals surface area contributed by atoms with Gasteiger partial charge in [-0.2, -0.15) is 10.2 Å². The van der Waals surface area contributed by atoms with Gasteiger partial charge in [0.05, 0.1) is 17.8 Å². The van der Waals surface area contributed by atoms with Crippen LogP contribution < -0.4 is 5.32 Å². The first-order chi connectivity index (χ1) is 12.1. The largest absolute Gasteiger partial charge is 0.309 e. The quantitative estimate of drug-likeness (QED) is 0.685. The second-order valence-electron chi connectivity index (χ2n) is 6.78. The Hall–Kier alpha value is -2.89. The lowest BCUT2D eigenvalue weighted by Gasteiger charge is -2.20. The minimum absolute atomic E-state index is 0.0270. The molecular formula is C19H21N5O. The first-order valence-electron chi connectivity index (χ1n) is 8.57. The molecule has 0 aliphatic heterocycles. The molecule has 0 saturated carbocycles. The normalized spacial score (nSPS) is 16.5.